The van der Waals surface area contributed by atoms with Gasteiger partial charge in [-0.1, -0.05) is 32.0 Å². The summed E-state index contributed by atoms with van der Waals surface area (Å²) in [5.74, 6) is 0.813. The Bertz CT molecular complexity index is 1050. The molecule has 0 aliphatic carbocycles. The molecule has 0 saturated carbocycles. The minimum absolute atomic E-state index is 0.0366. The molecule has 0 bridgehead atoms. The number of carbonyl (C=O) groups excluding carboxylic acids is 2. The average Bonchev–Trinajstić information content (AvgIpc) is 3.31. The Morgan fingerprint density at radius 1 is 1.12 bits per heavy atom. The zero-order valence-corrected chi connectivity index (χ0v) is 19.0. The molecule has 1 saturated heterocycles. The Morgan fingerprint density at radius 2 is 1.94 bits per heavy atom. The Kier molecular flexibility index (Phi) is 7.19. The molecule has 1 aliphatic heterocycles. The molecule has 3 aromatic rings. The lowest BCUT2D eigenvalue weighted by Gasteiger charge is -2.25. The number of hydrogen-bond acceptors (Lipinski definition) is 5. The van der Waals surface area contributed by atoms with E-state index < -0.39 is 0 Å². The zero-order valence-electron chi connectivity index (χ0n) is 19.0. The maximum atomic E-state index is 13.3. The van der Waals surface area contributed by atoms with Crippen molar-refractivity contribution in [3.63, 3.8) is 0 Å². The number of rotatable bonds is 7. The minimum atomic E-state index is -0.302. The van der Waals surface area contributed by atoms with Crippen LogP contribution in [0.3, 0.4) is 0 Å². The van der Waals surface area contributed by atoms with E-state index in [9.17, 15) is 9.59 Å². The second kappa shape index (κ2) is 10.4. The van der Waals surface area contributed by atoms with E-state index in [-0.39, 0.29) is 24.5 Å². The molecule has 172 valence electrons. The summed E-state index contributed by atoms with van der Waals surface area (Å²) in [6.45, 7) is 5.93. The standard InChI is InChI=1S/C26H29N3O4/c1-19(2)14-28-15-23(33-18-22-6-3-4-12-27-22)16-29(17-25(28)30)26(31)21-10-8-20(9-11-21)24-7-5-13-32-24/h3-13,19,23H,14-18H2,1-2H3. The van der Waals surface area contributed by atoms with E-state index in [0.717, 1.165) is 17.0 Å². The number of furan rings is 1. The SMILES string of the molecule is CC(C)CN1CC(OCc2ccccn2)CN(C(=O)c2ccc(-c3ccco3)cc2)CC1=O. The first-order valence-electron chi connectivity index (χ1n) is 11.2. The minimum Gasteiger partial charge on any atom is -0.464 e. The number of hydrogen-bond donors (Lipinski definition) is 0. The number of nitrogens with zero attached hydrogens (tertiary/aromatic N) is 3. The number of aromatic nitrogens is 1. The molecule has 2 amide bonds. The predicted molar refractivity (Wildman–Crippen MR) is 124 cm³/mol. The van der Waals surface area contributed by atoms with Crippen LogP contribution < -0.4 is 0 Å². The molecule has 0 spiro atoms. The molecule has 0 radical (unpaired) electrons. The Hall–Kier alpha value is -3.45. The lowest BCUT2D eigenvalue weighted by atomic mass is 10.1. The van der Waals surface area contributed by atoms with Crippen molar-refractivity contribution >= 4 is 11.8 Å². The Morgan fingerprint density at radius 3 is 2.61 bits per heavy atom. The van der Waals surface area contributed by atoms with E-state index >= 15 is 0 Å². The molecule has 33 heavy (non-hydrogen) atoms. The van der Waals surface area contributed by atoms with E-state index in [1.54, 1.807) is 34.4 Å². The van der Waals surface area contributed by atoms with Gasteiger partial charge in [-0.2, -0.15) is 0 Å². The topological polar surface area (TPSA) is 75.9 Å². The van der Waals surface area contributed by atoms with Crippen molar-refractivity contribution in [1.82, 2.24) is 14.8 Å². The van der Waals surface area contributed by atoms with Gasteiger partial charge in [0.2, 0.25) is 5.91 Å². The molecule has 1 fully saturated rings. The predicted octanol–water partition coefficient (Wildman–Crippen LogP) is 3.87. The van der Waals surface area contributed by atoms with E-state index in [4.69, 9.17) is 9.15 Å². The first-order chi connectivity index (χ1) is 16.0. The normalized spacial score (nSPS) is 16.8. The van der Waals surface area contributed by atoms with Crippen molar-refractivity contribution < 1.29 is 18.7 Å². The third kappa shape index (κ3) is 5.87. The fraction of sp³-hybridized carbons (Fsp3) is 0.346. The highest BCUT2D eigenvalue weighted by molar-refractivity contribution is 5.97. The maximum absolute atomic E-state index is 13.3. The summed E-state index contributed by atoms with van der Waals surface area (Å²) < 4.78 is 11.6. The molecule has 3 heterocycles. The van der Waals surface area contributed by atoms with E-state index in [1.807, 2.05) is 42.5 Å². The highest BCUT2D eigenvalue weighted by Gasteiger charge is 2.31. The van der Waals surface area contributed by atoms with Gasteiger partial charge in [-0.05, 0) is 42.3 Å². The molecule has 1 aromatic carbocycles. The second-order valence-electron chi connectivity index (χ2n) is 8.69. The van der Waals surface area contributed by atoms with Gasteiger partial charge < -0.3 is 19.0 Å². The summed E-state index contributed by atoms with van der Waals surface area (Å²) in [7, 11) is 0. The van der Waals surface area contributed by atoms with Crippen LogP contribution in [0.1, 0.15) is 29.9 Å². The highest BCUT2D eigenvalue weighted by atomic mass is 16.5. The van der Waals surface area contributed by atoms with Gasteiger partial charge in [0.15, 0.2) is 0 Å². The summed E-state index contributed by atoms with van der Waals surface area (Å²) >= 11 is 0. The van der Waals surface area contributed by atoms with Crippen molar-refractivity contribution in [1.29, 1.82) is 0 Å². The van der Waals surface area contributed by atoms with Crippen molar-refractivity contribution in [2.75, 3.05) is 26.2 Å². The first-order valence-corrected chi connectivity index (χ1v) is 11.2. The highest BCUT2D eigenvalue weighted by Crippen LogP contribution is 2.21. The van der Waals surface area contributed by atoms with Gasteiger partial charge in [0.05, 0.1) is 24.7 Å². The third-order valence-corrected chi connectivity index (χ3v) is 5.53. The number of carbonyl (C=O) groups is 2. The van der Waals surface area contributed by atoms with Crippen molar-refractivity contribution in [3.05, 3.63) is 78.3 Å². The van der Waals surface area contributed by atoms with Crippen LogP contribution in [0.25, 0.3) is 11.3 Å². The molecule has 0 N–H and O–H groups in total. The fourth-order valence-electron chi connectivity index (χ4n) is 3.95. The number of pyridine rings is 1. The molecule has 1 unspecified atom stereocenters. The number of ether oxygens (including phenoxy) is 1. The average molecular weight is 448 g/mol. The maximum Gasteiger partial charge on any atom is 0.254 e. The van der Waals surface area contributed by atoms with Gasteiger partial charge in [0.25, 0.3) is 5.91 Å². The quantitative estimate of drug-likeness (QED) is 0.550. The molecular weight excluding hydrogens is 418 g/mol. The van der Waals surface area contributed by atoms with Crippen molar-refractivity contribution in [3.8, 4) is 11.3 Å². The van der Waals surface area contributed by atoms with Crippen LogP contribution in [0.4, 0.5) is 0 Å². The zero-order chi connectivity index (χ0) is 23.2. The van der Waals surface area contributed by atoms with Crippen LogP contribution in [-0.4, -0.2) is 58.9 Å². The fourth-order valence-corrected chi connectivity index (χ4v) is 3.95. The summed E-state index contributed by atoms with van der Waals surface area (Å²) in [5, 5.41) is 0. The second-order valence-corrected chi connectivity index (χ2v) is 8.69. The molecule has 1 aliphatic rings. The lowest BCUT2D eigenvalue weighted by molar-refractivity contribution is -0.132. The summed E-state index contributed by atoms with van der Waals surface area (Å²) in [6.07, 6.45) is 3.04. The van der Waals surface area contributed by atoms with Crippen LogP contribution in [0.15, 0.2) is 71.5 Å². The molecule has 1 atom stereocenters. The summed E-state index contributed by atoms with van der Waals surface area (Å²) in [4.78, 5) is 34.0. The van der Waals surface area contributed by atoms with Crippen LogP contribution in [0.5, 0.6) is 0 Å². The van der Waals surface area contributed by atoms with Gasteiger partial charge in [-0.15, -0.1) is 0 Å². The number of amides is 2. The molecule has 2 aromatic heterocycles. The molecular formula is C26H29N3O4. The number of benzene rings is 1. The van der Waals surface area contributed by atoms with E-state index in [1.165, 1.54) is 0 Å². The van der Waals surface area contributed by atoms with Crippen LogP contribution in [-0.2, 0) is 16.1 Å². The Balaban J connectivity index is 1.50. The van der Waals surface area contributed by atoms with Crippen molar-refractivity contribution in [2.24, 2.45) is 5.92 Å². The smallest absolute Gasteiger partial charge is 0.254 e. The van der Waals surface area contributed by atoms with Crippen molar-refractivity contribution in [2.45, 2.75) is 26.6 Å². The van der Waals surface area contributed by atoms with Crippen LogP contribution in [0, 0.1) is 5.92 Å². The van der Waals surface area contributed by atoms with E-state index in [2.05, 4.69) is 18.8 Å². The van der Waals surface area contributed by atoms with Crippen LogP contribution in [0.2, 0.25) is 0 Å². The van der Waals surface area contributed by atoms with E-state index in [0.29, 0.717) is 37.7 Å². The molecule has 7 heteroatoms. The lowest BCUT2D eigenvalue weighted by Crippen LogP contribution is -2.40. The largest absolute Gasteiger partial charge is 0.464 e. The van der Waals surface area contributed by atoms with Gasteiger partial charge in [0, 0.05) is 37.0 Å². The van der Waals surface area contributed by atoms with Crippen LogP contribution >= 0.6 is 0 Å². The van der Waals surface area contributed by atoms with Gasteiger partial charge in [-0.3, -0.25) is 14.6 Å². The first kappa shape index (κ1) is 22.7. The summed E-state index contributed by atoms with van der Waals surface area (Å²) in [5.41, 5.74) is 2.23. The third-order valence-electron chi connectivity index (χ3n) is 5.53. The van der Waals surface area contributed by atoms with Gasteiger partial charge >= 0.3 is 0 Å². The van der Waals surface area contributed by atoms with Gasteiger partial charge in [0.1, 0.15) is 12.3 Å². The monoisotopic (exact) mass is 447 g/mol. The van der Waals surface area contributed by atoms with Gasteiger partial charge in [-0.25, -0.2) is 0 Å². The Labute approximate surface area is 194 Å². The summed E-state index contributed by atoms with van der Waals surface area (Å²) in [6, 6.07) is 16.6. The molecule has 7 nitrogen and oxygen atoms in total. The molecule has 4 rings (SSSR count).